The van der Waals surface area contributed by atoms with Gasteiger partial charge in [0.25, 0.3) is 0 Å². The summed E-state index contributed by atoms with van der Waals surface area (Å²) in [7, 11) is 1.33. The van der Waals surface area contributed by atoms with Crippen LogP contribution in [0.5, 0.6) is 0 Å². The number of Topliss-reactive ketones (excluding diaryl/α,β-unsaturated/α-hetero) is 1. The number of esters is 1. The van der Waals surface area contributed by atoms with Crippen LogP contribution >= 0.6 is 11.6 Å². The van der Waals surface area contributed by atoms with Gasteiger partial charge in [-0.15, -0.1) is 0 Å². The lowest BCUT2D eigenvalue weighted by atomic mass is 10.0. The molecule has 0 saturated carbocycles. The molecule has 1 aromatic carbocycles. The fourth-order valence-electron chi connectivity index (χ4n) is 1.47. The number of carbonyl (C=O) groups excluding carboxylic acids is 2. The van der Waals surface area contributed by atoms with Crippen molar-refractivity contribution in [2.24, 2.45) is 0 Å². The lowest BCUT2D eigenvalue weighted by molar-refractivity contribution is -0.140. The molecule has 0 radical (unpaired) electrons. The molecule has 18 heavy (non-hydrogen) atoms. The molecule has 0 N–H and O–H groups in total. The van der Waals surface area contributed by atoms with Crippen LogP contribution < -0.4 is 0 Å². The number of hydrogen-bond donors (Lipinski definition) is 0. The van der Waals surface area contributed by atoms with E-state index in [9.17, 15) is 14.0 Å². The highest BCUT2D eigenvalue weighted by Gasteiger charge is 2.09. The predicted molar refractivity (Wildman–Crippen MR) is 66.2 cm³/mol. The number of hydrogen-bond acceptors (Lipinski definition) is 3. The molecule has 0 aliphatic rings. The summed E-state index contributed by atoms with van der Waals surface area (Å²) < 4.78 is 17.4. The summed E-state index contributed by atoms with van der Waals surface area (Å²) in [6.45, 7) is 0. The minimum atomic E-state index is -0.543. The summed E-state index contributed by atoms with van der Waals surface area (Å²) in [5, 5.41) is -0.0598. The summed E-state index contributed by atoms with van der Waals surface area (Å²) >= 11 is 5.59. The Kier molecular flexibility index (Phi) is 5.78. The second kappa shape index (κ2) is 7.11. The van der Waals surface area contributed by atoms with Crippen molar-refractivity contribution in [2.45, 2.75) is 25.7 Å². The molecule has 0 aliphatic carbocycles. The third kappa shape index (κ3) is 4.45. The van der Waals surface area contributed by atoms with Crippen molar-refractivity contribution >= 4 is 23.4 Å². The lowest BCUT2D eigenvalue weighted by Gasteiger charge is -2.02. The molecule has 3 nitrogen and oxygen atoms in total. The van der Waals surface area contributed by atoms with Gasteiger partial charge in [-0.3, -0.25) is 9.59 Å². The largest absolute Gasteiger partial charge is 0.469 e. The summed E-state index contributed by atoms with van der Waals surface area (Å²) in [5.41, 5.74) is 0.388. The smallest absolute Gasteiger partial charge is 0.305 e. The average molecular weight is 273 g/mol. The third-order valence-electron chi connectivity index (χ3n) is 2.50. The van der Waals surface area contributed by atoms with E-state index < -0.39 is 5.82 Å². The Morgan fingerprint density at radius 1 is 1.28 bits per heavy atom. The fourth-order valence-corrected chi connectivity index (χ4v) is 1.65. The molecule has 0 saturated heterocycles. The van der Waals surface area contributed by atoms with Crippen molar-refractivity contribution in [1.29, 1.82) is 0 Å². The fraction of sp³-hybridized carbons (Fsp3) is 0.385. The van der Waals surface area contributed by atoms with Crippen LogP contribution in [-0.2, 0) is 9.53 Å². The first kappa shape index (κ1) is 14.6. The first-order valence-corrected chi connectivity index (χ1v) is 5.97. The van der Waals surface area contributed by atoms with Gasteiger partial charge in [0.15, 0.2) is 5.78 Å². The van der Waals surface area contributed by atoms with E-state index in [2.05, 4.69) is 4.74 Å². The number of methoxy groups -OCH3 is 1. The molecule has 0 bridgehead atoms. The van der Waals surface area contributed by atoms with Gasteiger partial charge in [-0.2, -0.15) is 0 Å². The normalized spacial score (nSPS) is 10.2. The molecule has 0 aliphatic heterocycles. The maximum Gasteiger partial charge on any atom is 0.305 e. The standard InChI is InChI=1S/C13H14ClFO3/c1-18-13(17)5-3-2-4-12(16)9-6-7-11(15)10(14)8-9/h6-8H,2-5H2,1H3. The van der Waals surface area contributed by atoms with Crippen molar-refractivity contribution in [3.05, 3.63) is 34.6 Å². The van der Waals surface area contributed by atoms with Gasteiger partial charge in [0, 0.05) is 18.4 Å². The van der Waals surface area contributed by atoms with Crippen LogP contribution in [0.25, 0.3) is 0 Å². The SMILES string of the molecule is COC(=O)CCCCC(=O)c1ccc(F)c(Cl)c1. The zero-order chi connectivity index (χ0) is 13.5. The molecule has 1 aromatic rings. The Bertz CT molecular complexity index is 446. The Balaban J connectivity index is 2.41. The molecule has 0 amide bonds. The topological polar surface area (TPSA) is 43.4 Å². The number of unbranched alkanes of at least 4 members (excludes halogenated alkanes) is 1. The summed E-state index contributed by atoms with van der Waals surface area (Å²) in [6.07, 6.45) is 1.78. The van der Waals surface area contributed by atoms with Crippen molar-refractivity contribution in [3.8, 4) is 0 Å². The van der Waals surface area contributed by atoms with Crippen LogP contribution in [0.2, 0.25) is 5.02 Å². The third-order valence-corrected chi connectivity index (χ3v) is 2.79. The Morgan fingerprint density at radius 3 is 2.56 bits per heavy atom. The molecule has 5 heteroatoms. The number of halogens is 2. The van der Waals surface area contributed by atoms with Gasteiger partial charge in [-0.05, 0) is 31.0 Å². The highest BCUT2D eigenvalue weighted by atomic mass is 35.5. The monoisotopic (exact) mass is 272 g/mol. The molecular weight excluding hydrogens is 259 g/mol. The van der Waals surface area contributed by atoms with Crippen LogP contribution in [0.1, 0.15) is 36.0 Å². The van der Waals surface area contributed by atoms with Crippen LogP contribution in [0, 0.1) is 5.82 Å². The van der Waals surface area contributed by atoms with Gasteiger partial charge >= 0.3 is 5.97 Å². The number of ether oxygens (including phenoxy) is 1. The highest BCUT2D eigenvalue weighted by Crippen LogP contribution is 2.17. The van der Waals surface area contributed by atoms with Gasteiger partial charge in [-0.1, -0.05) is 11.6 Å². The maximum atomic E-state index is 12.9. The Labute approximate surface area is 110 Å². The molecule has 0 atom stereocenters. The molecule has 0 aromatic heterocycles. The van der Waals surface area contributed by atoms with E-state index in [-0.39, 0.29) is 16.8 Å². The summed E-state index contributed by atoms with van der Waals surface area (Å²) in [6, 6.07) is 3.90. The van der Waals surface area contributed by atoms with E-state index in [4.69, 9.17) is 11.6 Å². The molecule has 0 spiro atoms. The van der Waals surface area contributed by atoms with Gasteiger partial charge in [0.2, 0.25) is 0 Å². The van der Waals surface area contributed by atoms with E-state index in [1.54, 1.807) is 0 Å². The first-order chi connectivity index (χ1) is 8.54. The van der Waals surface area contributed by atoms with Crippen LogP contribution in [0.15, 0.2) is 18.2 Å². The second-order valence-electron chi connectivity index (χ2n) is 3.84. The van der Waals surface area contributed by atoms with E-state index >= 15 is 0 Å². The molecule has 0 unspecified atom stereocenters. The Morgan fingerprint density at radius 2 is 1.94 bits per heavy atom. The van der Waals surface area contributed by atoms with Gasteiger partial charge in [0.05, 0.1) is 12.1 Å². The second-order valence-corrected chi connectivity index (χ2v) is 4.24. The van der Waals surface area contributed by atoms with Crippen molar-refractivity contribution in [3.63, 3.8) is 0 Å². The van der Waals surface area contributed by atoms with Gasteiger partial charge < -0.3 is 4.74 Å². The van der Waals surface area contributed by atoms with E-state index in [1.165, 1.54) is 25.3 Å². The first-order valence-electron chi connectivity index (χ1n) is 5.59. The van der Waals surface area contributed by atoms with Gasteiger partial charge in [0.1, 0.15) is 5.82 Å². The summed E-state index contributed by atoms with van der Waals surface area (Å²) in [4.78, 5) is 22.6. The molecule has 1 rings (SSSR count). The predicted octanol–water partition coefficient (Wildman–Crippen LogP) is 3.40. The van der Waals surface area contributed by atoms with Crippen molar-refractivity contribution in [1.82, 2.24) is 0 Å². The zero-order valence-electron chi connectivity index (χ0n) is 10.0. The maximum absolute atomic E-state index is 12.9. The summed E-state index contributed by atoms with van der Waals surface area (Å²) in [5.74, 6) is -0.937. The minimum absolute atomic E-state index is 0.0598. The van der Waals surface area contributed by atoms with Crippen LogP contribution in [0.4, 0.5) is 4.39 Å². The quantitative estimate of drug-likeness (QED) is 0.453. The molecule has 98 valence electrons. The lowest BCUT2D eigenvalue weighted by Crippen LogP contribution is -2.02. The number of benzene rings is 1. The van der Waals surface area contributed by atoms with E-state index in [1.807, 2.05) is 0 Å². The van der Waals surface area contributed by atoms with Crippen molar-refractivity contribution in [2.75, 3.05) is 7.11 Å². The molecule has 0 heterocycles. The zero-order valence-corrected chi connectivity index (χ0v) is 10.8. The number of carbonyl (C=O) groups is 2. The number of ketones is 1. The Hall–Kier alpha value is -1.42. The van der Waals surface area contributed by atoms with Crippen LogP contribution in [-0.4, -0.2) is 18.9 Å². The van der Waals surface area contributed by atoms with E-state index in [0.717, 1.165) is 0 Å². The van der Waals surface area contributed by atoms with Crippen molar-refractivity contribution < 1.29 is 18.7 Å². The number of rotatable bonds is 6. The van der Waals surface area contributed by atoms with E-state index in [0.29, 0.717) is 31.2 Å². The average Bonchev–Trinajstić information content (AvgIpc) is 2.37. The minimum Gasteiger partial charge on any atom is -0.469 e. The molecular formula is C13H14ClFO3. The molecule has 0 fully saturated rings. The van der Waals surface area contributed by atoms with Gasteiger partial charge in [-0.25, -0.2) is 4.39 Å². The van der Waals surface area contributed by atoms with Crippen LogP contribution in [0.3, 0.4) is 0 Å². The highest BCUT2D eigenvalue weighted by molar-refractivity contribution is 6.31.